The van der Waals surface area contributed by atoms with Crippen molar-refractivity contribution in [2.75, 3.05) is 12.4 Å². The van der Waals surface area contributed by atoms with Gasteiger partial charge in [0.25, 0.3) is 0 Å². The highest BCUT2D eigenvalue weighted by Gasteiger charge is 2.39. The van der Waals surface area contributed by atoms with E-state index in [1.165, 1.54) is 18.9 Å². The lowest BCUT2D eigenvalue weighted by molar-refractivity contribution is -0.128. The Kier molecular flexibility index (Phi) is 7.62. The van der Waals surface area contributed by atoms with E-state index in [0.29, 0.717) is 21.6 Å². The lowest BCUT2D eigenvalue weighted by Crippen LogP contribution is -2.33. The van der Waals surface area contributed by atoms with Gasteiger partial charge < -0.3 is 10.1 Å². The monoisotopic (exact) mass is 544 g/mol. The van der Waals surface area contributed by atoms with E-state index in [0.717, 1.165) is 27.7 Å². The number of hydrogen-bond acceptors (Lipinski definition) is 6. The van der Waals surface area contributed by atoms with Crippen LogP contribution in [0.2, 0.25) is 5.02 Å². The molecular formula is C29H25ClN4O3S. The van der Waals surface area contributed by atoms with Crippen LogP contribution in [-0.4, -0.2) is 39.2 Å². The van der Waals surface area contributed by atoms with Crippen molar-refractivity contribution < 1.29 is 14.3 Å². The van der Waals surface area contributed by atoms with Crippen molar-refractivity contribution in [3.8, 4) is 5.75 Å². The summed E-state index contributed by atoms with van der Waals surface area (Å²) in [6.45, 7) is 2.11. The Labute approximate surface area is 229 Å². The van der Waals surface area contributed by atoms with Gasteiger partial charge in [-0.1, -0.05) is 65.8 Å². The van der Waals surface area contributed by atoms with E-state index in [4.69, 9.17) is 21.3 Å². The second-order valence-corrected chi connectivity index (χ2v) is 10.4. The fourth-order valence-electron chi connectivity index (χ4n) is 4.23. The molecule has 1 aliphatic rings. The van der Waals surface area contributed by atoms with Gasteiger partial charge in [0.05, 0.1) is 30.7 Å². The number of amides is 2. The Morgan fingerprint density at radius 2 is 1.92 bits per heavy atom. The Morgan fingerprint density at radius 1 is 1.13 bits per heavy atom. The van der Waals surface area contributed by atoms with Gasteiger partial charge in [-0.25, -0.2) is 4.99 Å². The fraction of sp³-hybridized carbons (Fsp3) is 0.172. The predicted octanol–water partition coefficient (Wildman–Crippen LogP) is 6.37. The average Bonchev–Trinajstić information content (AvgIpc) is 3.20. The average molecular weight is 545 g/mol. The molecule has 7 nitrogen and oxygen atoms in total. The Hall–Kier alpha value is -3.88. The zero-order valence-corrected chi connectivity index (χ0v) is 22.4. The molecule has 1 aromatic heterocycles. The molecular weight excluding hydrogens is 520 g/mol. The van der Waals surface area contributed by atoms with Crippen molar-refractivity contribution in [1.82, 2.24) is 9.88 Å². The van der Waals surface area contributed by atoms with Crippen LogP contribution in [0.5, 0.6) is 5.75 Å². The zero-order chi connectivity index (χ0) is 26.6. The van der Waals surface area contributed by atoms with E-state index in [2.05, 4.69) is 10.3 Å². The first-order chi connectivity index (χ1) is 18.4. The van der Waals surface area contributed by atoms with E-state index < -0.39 is 5.25 Å². The summed E-state index contributed by atoms with van der Waals surface area (Å²) in [5, 5.41) is 5.36. The van der Waals surface area contributed by atoms with Crippen molar-refractivity contribution in [1.29, 1.82) is 0 Å². The summed E-state index contributed by atoms with van der Waals surface area (Å²) in [4.78, 5) is 37.5. The largest absolute Gasteiger partial charge is 0.495 e. The highest BCUT2D eigenvalue weighted by atomic mass is 35.5. The van der Waals surface area contributed by atoms with Crippen LogP contribution < -0.4 is 10.1 Å². The van der Waals surface area contributed by atoms with Gasteiger partial charge in [-0.15, -0.1) is 0 Å². The van der Waals surface area contributed by atoms with Crippen LogP contribution in [-0.2, 0) is 16.1 Å². The molecule has 38 heavy (non-hydrogen) atoms. The Bertz CT molecular complexity index is 1540. The molecule has 5 rings (SSSR count). The van der Waals surface area contributed by atoms with Gasteiger partial charge in [0.15, 0.2) is 5.17 Å². The first-order valence-corrected chi connectivity index (χ1v) is 13.3. The summed E-state index contributed by atoms with van der Waals surface area (Å²) in [6, 6.07) is 22.8. The summed E-state index contributed by atoms with van der Waals surface area (Å²) in [5.41, 5.74) is 2.81. The molecule has 1 aliphatic heterocycles. The topological polar surface area (TPSA) is 83.9 Å². The molecule has 2 amide bonds. The summed E-state index contributed by atoms with van der Waals surface area (Å²) < 4.78 is 5.37. The molecule has 0 bridgehead atoms. The minimum absolute atomic E-state index is 0.0262. The van der Waals surface area contributed by atoms with Crippen LogP contribution in [0.25, 0.3) is 10.8 Å². The molecule has 0 aliphatic carbocycles. The Balaban J connectivity index is 1.42. The number of hydrogen-bond donors (Lipinski definition) is 1. The van der Waals surface area contributed by atoms with Gasteiger partial charge in [0, 0.05) is 29.1 Å². The SMILES string of the molecule is COc1cc(Cl)c(C)cc1NC(=O)CC1SC(=Nc2cccc3ccccc23)N(Cc2ccccn2)C1=O. The molecule has 1 fully saturated rings. The van der Waals surface area contributed by atoms with E-state index in [-0.39, 0.29) is 24.8 Å². The molecule has 0 radical (unpaired) electrons. The molecule has 2 heterocycles. The number of anilines is 1. The van der Waals surface area contributed by atoms with Crippen LogP contribution in [0.1, 0.15) is 17.7 Å². The maximum atomic E-state index is 13.6. The number of amidine groups is 1. The fourth-order valence-corrected chi connectivity index (χ4v) is 5.54. The molecule has 0 saturated carbocycles. The Morgan fingerprint density at radius 3 is 2.71 bits per heavy atom. The number of rotatable bonds is 7. The lowest BCUT2D eigenvalue weighted by atomic mass is 10.1. The summed E-state index contributed by atoms with van der Waals surface area (Å²) in [7, 11) is 1.51. The summed E-state index contributed by atoms with van der Waals surface area (Å²) in [6.07, 6.45) is 1.67. The number of thioether (sulfide) groups is 1. The first-order valence-electron chi connectivity index (χ1n) is 12.0. The smallest absolute Gasteiger partial charge is 0.243 e. The molecule has 9 heteroatoms. The lowest BCUT2D eigenvalue weighted by Gasteiger charge is -2.16. The van der Waals surface area contributed by atoms with E-state index in [9.17, 15) is 9.59 Å². The third-order valence-corrected chi connectivity index (χ3v) is 7.76. The second kappa shape index (κ2) is 11.2. The third-order valence-electron chi connectivity index (χ3n) is 6.17. The minimum atomic E-state index is -0.633. The van der Waals surface area contributed by atoms with Crippen molar-refractivity contribution >= 4 is 62.5 Å². The van der Waals surface area contributed by atoms with Crippen molar-refractivity contribution in [3.05, 3.63) is 95.3 Å². The number of fused-ring (bicyclic) bond motifs is 1. The van der Waals surface area contributed by atoms with Crippen LogP contribution >= 0.6 is 23.4 Å². The van der Waals surface area contributed by atoms with Crippen LogP contribution in [0.3, 0.4) is 0 Å². The van der Waals surface area contributed by atoms with Gasteiger partial charge in [-0.3, -0.25) is 19.5 Å². The normalized spacial score (nSPS) is 16.3. The number of carbonyl (C=O) groups excluding carboxylic acids is 2. The number of aryl methyl sites for hydroxylation is 1. The molecule has 1 unspecified atom stereocenters. The number of benzene rings is 3. The highest BCUT2D eigenvalue weighted by Crippen LogP contribution is 2.36. The van der Waals surface area contributed by atoms with Crippen LogP contribution in [0.15, 0.2) is 84.0 Å². The van der Waals surface area contributed by atoms with E-state index in [1.807, 2.05) is 67.6 Å². The molecule has 1 N–H and O–H groups in total. The summed E-state index contributed by atoms with van der Waals surface area (Å²) >= 11 is 7.48. The molecule has 1 saturated heterocycles. The molecule has 0 spiro atoms. The van der Waals surface area contributed by atoms with Gasteiger partial charge in [-0.05, 0) is 42.1 Å². The number of nitrogens with zero attached hydrogens (tertiary/aromatic N) is 3. The first kappa shape index (κ1) is 25.8. The van der Waals surface area contributed by atoms with Crippen LogP contribution in [0.4, 0.5) is 11.4 Å². The maximum Gasteiger partial charge on any atom is 0.243 e. The maximum absolute atomic E-state index is 13.6. The second-order valence-electron chi connectivity index (χ2n) is 8.80. The van der Waals surface area contributed by atoms with Gasteiger partial charge in [0.2, 0.25) is 11.8 Å². The highest BCUT2D eigenvalue weighted by molar-refractivity contribution is 8.15. The van der Waals surface area contributed by atoms with Gasteiger partial charge >= 0.3 is 0 Å². The van der Waals surface area contributed by atoms with E-state index in [1.54, 1.807) is 23.2 Å². The standard InChI is InChI=1S/C29H25ClN4O3S/c1-18-14-24(25(37-2)15-22(18)30)32-27(35)16-26-28(36)34(17-20-10-5-6-13-31-20)29(38-26)33-23-12-7-9-19-8-3-4-11-21(19)23/h3-15,26H,16-17H2,1-2H3,(H,32,35). The number of aliphatic imine (C=N–C) groups is 1. The number of nitrogens with one attached hydrogen (secondary N) is 1. The van der Waals surface area contributed by atoms with E-state index >= 15 is 0 Å². The van der Waals surface area contributed by atoms with Crippen molar-refractivity contribution in [2.45, 2.75) is 25.1 Å². The molecule has 3 aromatic carbocycles. The van der Waals surface area contributed by atoms with Crippen molar-refractivity contribution in [2.24, 2.45) is 4.99 Å². The zero-order valence-electron chi connectivity index (χ0n) is 20.8. The molecule has 192 valence electrons. The quantitative estimate of drug-likeness (QED) is 0.292. The van der Waals surface area contributed by atoms with Gasteiger partial charge in [0.1, 0.15) is 11.0 Å². The number of pyridine rings is 1. The van der Waals surface area contributed by atoms with Crippen LogP contribution in [0, 0.1) is 6.92 Å². The molecule has 4 aromatic rings. The predicted molar refractivity (Wildman–Crippen MR) is 153 cm³/mol. The number of carbonyl (C=O) groups is 2. The van der Waals surface area contributed by atoms with Gasteiger partial charge in [-0.2, -0.15) is 0 Å². The molecule has 1 atom stereocenters. The van der Waals surface area contributed by atoms with Crippen molar-refractivity contribution in [3.63, 3.8) is 0 Å². The minimum Gasteiger partial charge on any atom is -0.495 e. The number of halogens is 1. The number of methoxy groups -OCH3 is 1. The third kappa shape index (κ3) is 5.51. The summed E-state index contributed by atoms with van der Waals surface area (Å²) in [5.74, 6) is -0.0385. The number of aromatic nitrogens is 1. The number of ether oxygens (including phenoxy) is 1.